The van der Waals surface area contributed by atoms with Gasteiger partial charge in [0.25, 0.3) is 0 Å². The fraction of sp³-hybridized carbons (Fsp3) is 0.222. The zero-order valence-corrected chi connectivity index (χ0v) is 8.25. The molecule has 0 aromatic heterocycles. The minimum absolute atomic E-state index is 0.0326. The van der Waals surface area contributed by atoms with Crippen LogP contribution in [-0.2, 0) is 0 Å². The Kier molecular flexibility index (Phi) is 2.24. The molecule has 6 nitrogen and oxygen atoms in total. The fourth-order valence-electron chi connectivity index (χ4n) is 1.34. The van der Waals surface area contributed by atoms with E-state index in [9.17, 15) is 5.21 Å². The molecule has 1 aliphatic carbocycles. The van der Waals surface area contributed by atoms with Crippen molar-refractivity contribution in [3.63, 3.8) is 0 Å². The van der Waals surface area contributed by atoms with E-state index >= 15 is 0 Å². The van der Waals surface area contributed by atoms with Crippen molar-refractivity contribution in [1.29, 1.82) is 0 Å². The lowest BCUT2D eigenvalue weighted by Gasteiger charge is -2.07. The van der Waals surface area contributed by atoms with Crippen LogP contribution >= 0.6 is 0 Å². The van der Waals surface area contributed by atoms with Gasteiger partial charge in [-0.05, 0) is 25.1 Å². The second kappa shape index (κ2) is 3.56. The maximum atomic E-state index is 9.49. The summed E-state index contributed by atoms with van der Waals surface area (Å²) in [4.78, 5) is 8.91. The second-order valence-electron chi connectivity index (χ2n) is 3.01. The van der Waals surface area contributed by atoms with Crippen LogP contribution in [0.25, 0.3) is 11.4 Å². The first-order chi connectivity index (χ1) is 7.20. The molecule has 0 saturated heterocycles. The highest BCUT2D eigenvalue weighted by molar-refractivity contribution is 5.56. The number of benzene rings is 1. The lowest BCUT2D eigenvalue weighted by molar-refractivity contribution is 0.148. The molecule has 3 N–H and O–H groups in total. The number of nitrogens with two attached hydrogens (primary N) is 1. The van der Waals surface area contributed by atoms with Gasteiger partial charge < -0.3 is 10.9 Å². The van der Waals surface area contributed by atoms with Crippen LogP contribution in [0.2, 0.25) is 0 Å². The molecule has 6 heteroatoms. The minimum atomic E-state index is 0.0326. The third-order valence-electron chi connectivity index (χ3n) is 1.95. The van der Waals surface area contributed by atoms with E-state index in [1.54, 1.807) is 12.1 Å². The Balaban J connectivity index is 2.72. The number of nitrogens with zero attached hydrogens (tertiary/aromatic N) is 4. The van der Waals surface area contributed by atoms with Gasteiger partial charge in [0, 0.05) is 6.54 Å². The summed E-state index contributed by atoms with van der Waals surface area (Å²) in [6.45, 7) is 2.63. The molecule has 0 aromatic carbocycles. The molecule has 2 aliphatic rings. The molecule has 0 saturated carbocycles. The number of hydrogen-bond donors (Lipinski definition) is 2. The van der Waals surface area contributed by atoms with Gasteiger partial charge in [0.05, 0.1) is 11.1 Å². The van der Waals surface area contributed by atoms with Crippen molar-refractivity contribution in [2.75, 3.05) is 12.3 Å². The molecule has 0 amide bonds. The molecule has 0 radical (unpaired) electrons. The van der Waals surface area contributed by atoms with Gasteiger partial charge in [0.1, 0.15) is 5.69 Å². The normalized spacial score (nSPS) is 12.2. The summed E-state index contributed by atoms with van der Waals surface area (Å²) >= 11 is 0. The van der Waals surface area contributed by atoms with E-state index in [4.69, 9.17) is 5.73 Å². The molecule has 0 aromatic rings. The van der Waals surface area contributed by atoms with Gasteiger partial charge in [-0.3, -0.25) is 4.99 Å². The molecule has 0 spiro atoms. The SMILES string of the molecule is CCN=c1ccc2nc(N)nn(O)c-2c1. The van der Waals surface area contributed by atoms with Crippen LogP contribution in [0.4, 0.5) is 5.95 Å². The van der Waals surface area contributed by atoms with Crippen molar-refractivity contribution in [2.45, 2.75) is 6.92 Å². The van der Waals surface area contributed by atoms with E-state index < -0.39 is 0 Å². The Morgan fingerprint density at radius 1 is 1.53 bits per heavy atom. The van der Waals surface area contributed by atoms with Crippen molar-refractivity contribution in [1.82, 2.24) is 14.9 Å². The Labute approximate surface area is 86.0 Å². The summed E-state index contributed by atoms with van der Waals surface area (Å²) in [5, 5.41) is 13.9. The minimum Gasteiger partial charge on any atom is -0.411 e. The monoisotopic (exact) mass is 205 g/mol. The van der Waals surface area contributed by atoms with Crippen molar-refractivity contribution in [3.05, 3.63) is 23.6 Å². The van der Waals surface area contributed by atoms with Gasteiger partial charge in [-0.15, -0.1) is 0 Å². The van der Waals surface area contributed by atoms with Crippen LogP contribution in [-0.4, -0.2) is 26.7 Å². The van der Waals surface area contributed by atoms with Gasteiger partial charge in [-0.2, -0.15) is 0 Å². The molecule has 0 bridgehead atoms. The van der Waals surface area contributed by atoms with E-state index in [0.29, 0.717) is 22.8 Å². The number of hydrogen-bond acceptors (Lipinski definition) is 5. The number of anilines is 1. The number of nitrogen functional groups attached to an aromatic ring is 1. The standard InChI is InChI=1S/C9H11N5O/c1-2-11-6-3-4-7-8(5-6)14(15)13-9(10)12-7/h3-5,15H,2H2,1H3,(H2,10,13). The van der Waals surface area contributed by atoms with Crippen LogP contribution in [0.15, 0.2) is 23.2 Å². The van der Waals surface area contributed by atoms with E-state index in [1.807, 2.05) is 13.0 Å². The lowest BCUT2D eigenvalue weighted by atomic mass is 10.2. The first-order valence-electron chi connectivity index (χ1n) is 4.57. The average molecular weight is 205 g/mol. The van der Waals surface area contributed by atoms with Crippen LogP contribution in [0.5, 0.6) is 0 Å². The van der Waals surface area contributed by atoms with E-state index in [0.717, 1.165) is 5.36 Å². The molecule has 15 heavy (non-hydrogen) atoms. The van der Waals surface area contributed by atoms with Crippen LogP contribution < -0.4 is 11.1 Å². The third kappa shape index (κ3) is 1.74. The van der Waals surface area contributed by atoms with Gasteiger partial charge in [-0.25, -0.2) is 4.98 Å². The Morgan fingerprint density at radius 3 is 3.07 bits per heavy atom. The third-order valence-corrected chi connectivity index (χ3v) is 1.95. The van der Waals surface area contributed by atoms with E-state index in [1.165, 1.54) is 0 Å². The van der Waals surface area contributed by atoms with Crippen molar-refractivity contribution >= 4 is 5.95 Å². The summed E-state index contributed by atoms with van der Waals surface area (Å²) in [5.74, 6) is 0.0326. The molecular formula is C9H11N5O. The van der Waals surface area contributed by atoms with Crippen LogP contribution in [0, 0.1) is 0 Å². The Bertz CT molecular complexity index is 519. The molecule has 1 aliphatic heterocycles. The quantitative estimate of drug-likeness (QED) is 0.647. The summed E-state index contributed by atoms with van der Waals surface area (Å²) in [7, 11) is 0. The van der Waals surface area contributed by atoms with E-state index in [2.05, 4.69) is 15.1 Å². The molecule has 2 rings (SSSR count). The first-order valence-corrected chi connectivity index (χ1v) is 4.57. The van der Waals surface area contributed by atoms with Gasteiger partial charge in [-0.1, -0.05) is 9.94 Å². The van der Waals surface area contributed by atoms with Crippen molar-refractivity contribution in [3.8, 4) is 11.4 Å². The fourth-order valence-corrected chi connectivity index (χ4v) is 1.34. The molecule has 0 unspecified atom stereocenters. The predicted molar refractivity (Wildman–Crippen MR) is 54.3 cm³/mol. The summed E-state index contributed by atoms with van der Waals surface area (Å²) in [6.07, 6.45) is 0. The number of rotatable bonds is 1. The number of aromatic nitrogens is 3. The topological polar surface area (TPSA) is 89.3 Å². The molecule has 78 valence electrons. The van der Waals surface area contributed by atoms with Gasteiger partial charge in [0.2, 0.25) is 5.95 Å². The summed E-state index contributed by atoms with van der Waals surface area (Å²) in [5.41, 5.74) is 6.46. The van der Waals surface area contributed by atoms with Gasteiger partial charge >= 0.3 is 0 Å². The van der Waals surface area contributed by atoms with Crippen molar-refractivity contribution in [2.24, 2.45) is 4.99 Å². The summed E-state index contributed by atoms with van der Waals surface area (Å²) < 4.78 is 0. The zero-order chi connectivity index (χ0) is 10.8. The average Bonchev–Trinajstić information content (AvgIpc) is 2.19. The number of fused-ring (bicyclic) bond motifs is 1. The van der Waals surface area contributed by atoms with Crippen LogP contribution in [0.1, 0.15) is 6.92 Å². The maximum Gasteiger partial charge on any atom is 0.242 e. The smallest absolute Gasteiger partial charge is 0.242 e. The van der Waals surface area contributed by atoms with Crippen LogP contribution in [0.3, 0.4) is 0 Å². The first kappa shape index (κ1) is 9.45. The molecule has 1 heterocycles. The predicted octanol–water partition coefficient (Wildman–Crippen LogP) is 0.123. The summed E-state index contributed by atoms with van der Waals surface area (Å²) in [6, 6.07) is 5.27. The maximum absolute atomic E-state index is 9.49. The van der Waals surface area contributed by atoms with E-state index in [-0.39, 0.29) is 5.95 Å². The molecule has 0 fully saturated rings. The Hall–Kier alpha value is -2.11. The highest BCUT2D eigenvalue weighted by Crippen LogP contribution is 2.14. The highest BCUT2D eigenvalue weighted by atomic mass is 16.5. The molecular weight excluding hydrogens is 194 g/mol. The molecule has 0 atom stereocenters. The second-order valence-corrected chi connectivity index (χ2v) is 3.01. The Morgan fingerprint density at radius 2 is 2.33 bits per heavy atom. The lowest BCUT2D eigenvalue weighted by Crippen LogP contribution is -2.13. The van der Waals surface area contributed by atoms with Gasteiger partial charge in [0.15, 0.2) is 0 Å². The largest absolute Gasteiger partial charge is 0.411 e. The van der Waals surface area contributed by atoms with Crippen molar-refractivity contribution < 1.29 is 5.21 Å². The highest BCUT2D eigenvalue weighted by Gasteiger charge is 2.09. The zero-order valence-electron chi connectivity index (χ0n) is 8.25.